The Kier molecular flexibility index (Phi) is 4.18. The molecule has 0 heterocycles. The third-order valence-corrected chi connectivity index (χ3v) is 2.66. The summed E-state index contributed by atoms with van der Waals surface area (Å²) in [5.41, 5.74) is -0.0538. The van der Waals surface area contributed by atoms with Gasteiger partial charge >= 0.3 is 5.97 Å². The molecular weight excluding hydrogens is 176 g/mol. The Bertz CT molecular complexity index is 214. The largest absolute Gasteiger partial charge is 0.459 e. The van der Waals surface area contributed by atoms with E-state index in [9.17, 15) is 4.79 Å². The molecule has 0 bridgehead atoms. The molecule has 1 rings (SSSR count). The van der Waals surface area contributed by atoms with Gasteiger partial charge in [0, 0.05) is 6.92 Å². The van der Waals surface area contributed by atoms with Gasteiger partial charge in [0.05, 0.1) is 0 Å². The second-order valence-corrected chi connectivity index (χ2v) is 4.09. The molecule has 1 fully saturated rings. The standard InChI is InChI=1S/C12H20O2/c1-3-4-5-6-7-8-12(9-10-12)14-11(2)13/h3-4H,5-10H2,1-2H3/b4-3+. The number of carbonyl (C=O) groups excluding carboxylic acids is 1. The number of hydrogen-bond donors (Lipinski definition) is 0. The molecule has 0 spiro atoms. The fraction of sp³-hybridized carbons (Fsp3) is 0.750. The summed E-state index contributed by atoms with van der Waals surface area (Å²) in [5, 5.41) is 0. The van der Waals surface area contributed by atoms with Gasteiger partial charge in [-0.2, -0.15) is 0 Å². The molecule has 80 valence electrons. The second-order valence-electron chi connectivity index (χ2n) is 4.09. The number of esters is 1. The van der Waals surface area contributed by atoms with E-state index in [0.717, 1.165) is 32.1 Å². The summed E-state index contributed by atoms with van der Waals surface area (Å²) < 4.78 is 5.30. The summed E-state index contributed by atoms with van der Waals surface area (Å²) in [6.07, 6.45) is 11.0. The Morgan fingerprint density at radius 1 is 1.43 bits per heavy atom. The quantitative estimate of drug-likeness (QED) is 0.370. The molecule has 0 radical (unpaired) electrons. The van der Waals surface area contributed by atoms with Gasteiger partial charge in [-0.3, -0.25) is 4.79 Å². The highest BCUT2D eigenvalue weighted by Crippen LogP contribution is 2.44. The second kappa shape index (κ2) is 5.18. The first-order chi connectivity index (χ1) is 6.68. The monoisotopic (exact) mass is 196 g/mol. The zero-order valence-corrected chi connectivity index (χ0v) is 9.21. The zero-order chi connectivity index (χ0) is 10.4. The van der Waals surface area contributed by atoms with Crippen molar-refractivity contribution in [1.29, 1.82) is 0 Å². The van der Waals surface area contributed by atoms with Crippen LogP contribution in [0.3, 0.4) is 0 Å². The van der Waals surface area contributed by atoms with Crippen LogP contribution < -0.4 is 0 Å². The minimum atomic E-state index is -0.129. The maximum absolute atomic E-state index is 10.8. The summed E-state index contributed by atoms with van der Waals surface area (Å²) in [6, 6.07) is 0. The van der Waals surface area contributed by atoms with Crippen LogP contribution in [0.4, 0.5) is 0 Å². The Hall–Kier alpha value is -0.790. The van der Waals surface area contributed by atoms with E-state index in [4.69, 9.17) is 4.74 Å². The van der Waals surface area contributed by atoms with Crippen LogP contribution in [0, 0.1) is 0 Å². The molecule has 0 aromatic rings. The Labute approximate surface area is 86.3 Å². The maximum atomic E-state index is 10.8. The van der Waals surface area contributed by atoms with Crippen LogP contribution in [0.15, 0.2) is 12.2 Å². The Morgan fingerprint density at radius 3 is 2.64 bits per heavy atom. The number of allylic oxidation sites excluding steroid dienone is 2. The lowest BCUT2D eigenvalue weighted by Crippen LogP contribution is -2.17. The first-order valence-electron chi connectivity index (χ1n) is 5.49. The van der Waals surface area contributed by atoms with Crippen LogP contribution >= 0.6 is 0 Å². The fourth-order valence-corrected chi connectivity index (χ4v) is 1.72. The predicted octanol–water partition coefficient (Wildman–Crippen LogP) is 3.22. The van der Waals surface area contributed by atoms with E-state index in [2.05, 4.69) is 12.2 Å². The minimum absolute atomic E-state index is 0.0538. The first kappa shape index (κ1) is 11.3. The van der Waals surface area contributed by atoms with Crippen LogP contribution in [0.1, 0.15) is 52.4 Å². The number of unbranched alkanes of at least 4 members (excludes halogenated alkanes) is 2. The first-order valence-corrected chi connectivity index (χ1v) is 5.49. The molecule has 0 atom stereocenters. The van der Waals surface area contributed by atoms with Crippen molar-refractivity contribution in [1.82, 2.24) is 0 Å². The Morgan fingerprint density at radius 2 is 2.14 bits per heavy atom. The van der Waals surface area contributed by atoms with Gasteiger partial charge in [-0.25, -0.2) is 0 Å². The summed E-state index contributed by atoms with van der Waals surface area (Å²) in [6.45, 7) is 3.54. The molecule has 0 amide bonds. The molecule has 0 aromatic carbocycles. The van der Waals surface area contributed by atoms with E-state index in [-0.39, 0.29) is 11.6 Å². The van der Waals surface area contributed by atoms with Crippen molar-refractivity contribution < 1.29 is 9.53 Å². The smallest absolute Gasteiger partial charge is 0.303 e. The highest BCUT2D eigenvalue weighted by molar-refractivity contribution is 5.66. The number of ether oxygens (including phenoxy) is 1. The highest BCUT2D eigenvalue weighted by atomic mass is 16.6. The SMILES string of the molecule is C/C=C/CCCCC1(OC(C)=O)CC1. The van der Waals surface area contributed by atoms with Crippen molar-refractivity contribution in [2.24, 2.45) is 0 Å². The van der Waals surface area contributed by atoms with Gasteiger partial charge in [-0.05, 0) is 45.4 Å². The van der Waals surface area contributed by atoms with Gasteiger partial charge in [-0.15, -0.1) is 0 Å². The average molecular weight is 196 g/mol. The molecule has 2 heteroatoms. The van der Waals surface area contributed by atoms with Gasteiger partial charge in [0.2, 0.25) is 0 Å². The molecule has 14 heavy (non-hydrogen) atoms. The van der Waals surface area contributed by atoms with Crippen molar-refractivity contribution in [3.63, 3.8) is 0 Å². The van der Waals surface area contributed by atoms with E-state index in [1.807, 2.05) is 6.92 Å². The molecule has 2 nitrogen and oxygen atoms in total. The van der Waals surface area contributed by atoms with Crippen LogP contribution in [0.2, 0.25) is 0 Å². The van der Waals surface area contributed by atoms with Crippen molar-refractivity contribution in [2.45, 2.75) is 58.0 Å². The topological polar surface area (TPSA) is 26.3 Å². The summed E-state index contributed by atoms with van der Waals surface area (Å²) in [7, 11) is 0. The van der Waals surface area contributed by atoms with E-state index >= 15 is 0 Å². The molecular formula is C12H20O2. The van der Waals surface area contributed by atoms with Crippen LogP contribution in [-0.4, -0.2) is 11.6 Å². The van der Waals surface area contributed by atoms with Crippen molar-refractivity contribution in [2.75, 3.05) is 0 Å². The van der Waals surface area contributed by atoms with Gasteiger partial charge in [-0.1, -0.05) is 12.2 Å². The molecule has 0 aliphatic heterocycles. The lowest BCUT2D eigenvalue weighted by atomic mass is 10.1. The third kappa shape index (κ3) is 3.95. The molecule has 0 saturated heterocycles. The Balaban J connectivity index is 2.08. The van der Waals surface area contributed by atoms with E-state index < -0.39 is 0 Å². The van der Waals surface area contributed by atoms with Crippen LogP contribution in [0.25, 0.3) is 0 Å². The van der Waals surface area contributed by atoms with E-state index in [1.165, 1.54) is 13.3 Å². The summed E-state index contributed by atoms with van der Waals surface area (Å²) in [5.74, 6) is -0.129. The van der Waals surface area contributed by atoms with Crippen molar-refractivity contribution >= 4 is 5.97 Å². The number of hydrogen-bond acceptors (Lipinski definition) is 2. The maximum Gasteiger partial charge on any atom is 0.303 e. The summed E-state index contributed by atoms with van der Waals surface area (Å²) >= 11 is 0. The normalized spacial score (nSPS) is 18.4. The van der Waals surface area contributed by atoms with Gasteiger partial charge in [0.15, 0.2) is 0 Å². The molecule has 1 aliphatic carbocycles. The zero-order valence-electron chi connectivity index (χ0n) is 9.21. The molecule has 0 aromatic heterocycles. The summed E-state index contributed by atoms with van der Waals surface area (Å²) in [4.78, 5) is 10.8. The highest BCUT2D eigenvalue weighted by Gasteiger charge is 2.45. The molecule has 1 saturated carbocycles. The van der Waals surface area contributed by atoms with Gasteiger partial charge in [0.25, 0.3) is 0 Å². The van der Waals surface area contributed by atoms with Gasteiger partial charge < -0.3 is 4.74 Å². The van der Waals surface area contributed by atoms with Crippen LogP contribution in [0.5, 0.6) is 0 Å². The van der Waals surface area contributed by atoms with E-state index in [1.54, 1.807) is 0 Å². The van der Waals surface area contributed by atoms with E-state index in [0.29, 0.717) is 0 Å². The van der Waals surface area contributed by atoms with Crippen molar-refractivity contribution in [3.8, 4) is 0 Å². The molecule has 0 unspecified atom stereocenters. The predicted molar refractivity (Wildman–Crippen MR) is 57.0 cm³/mol. The molecule has 1 aliphatic rings. The number of carbonyl (C=O) groups is 1. The fourth-order valence-electron chi connectivity index (χ4n) is 1.72. The van der Waals surface area contributed by atoms with Gasteiger partial charge in [0.1, 0.15) is 5.60 Å². The number of rotatable bonds is 6. The average Bonchev–Trinajstić information content (AvgIpc) is 2.84. The molecule has 0 N–H and O–H groups in total. The minimum Gasteiger partial charge on any atom is -0.459 e. The van der Waals surface area contributed by atoms with Crippen LogP contribution in [-0.2, 0) is 9.53 Å². The lowest BCUT2D eigenvalue weighted by molar-refractivity contribution is -0.148. The lowest BCUT2D eigenvalue weighted by Gasteiger charge is -2.14. The third-order valence-electron chi connectivity index (χ3n) is 2.66. The van der Waals surface area contributed by atoms with Crippen molar-refractivity contribution in [3.05, 3.63) is 12.2 Å².